The summed E-state index contributed by atoms with van der Waals surface area (Å²) in [5.41, 5.74) is 0.223. The maximum Gasteiger partial charge on any atom is 0.389 e. The molecule has 1 N–H and O–H groups in total. The lowest BCUT2D eigenvalue weighted by Gasteiger charge is -2.20. The zero-order valence-corrected chi connectivity index (χ0v) is 20.1. The summed E-state index contributed by atoms with van der Waals surface area (Å²) >= 11 is 6.12. The highest BCUT2D eigenvalue weighted by Gasteiger charge is 2.35. The summed E-state index contributed by atoms with van der Waals surface area (Å²) in [5.74, 6) is -1.87. The Balaban J connectivity index is 1.57. The first-order valence-corrected chi connectivity index (χ1v) is 13.4. The number of nitrogens with one attached hydrogen (secondary N) is 1. The lowest BCUT2D eigenvalue weighted by Crippen LogP contribution is -2.29. The van der Waals surface area contributed by atoms with E-state index in [0.29, 0.717) is 31.9 Å². The maximum absolute atomic E-state index is 13.3. The van der Waals surface area contributed by atoms with Crippen molar-refractivity contribution in [2.24, 2.45) is 5.92 Å². The van der Waals surface area contributed by atoms with Gasteiger partial charge in [-0.25, -0.2) is 13.2 Å². The molecule has 1 aromatic carbocycles. The molecule has 1 aliphatic heterocycles. The van der Waals surface area contributed by atoms with Crippen LogP contribution in [0.4, 0.5) is 18.0 Å². The van der Waals surface area contributed by atoms with Crippen LogP contribution >= 0.6 is 11.6 Å². The first kappa shape index (κ1) is 26.6. The number of unbranched alkanes of at least 4 members (excludes halogenated alkanes) is 2. The van der Waals surface area contributed by atoms with Gasteiger partial charge in [0.05, 0.1) is 29.6 Å². The fourth-order valence-corrected chi connectivity index (χ4v) is 5.69. The SMILES string of the molecule is O=C1CN(CCCCCS(=O)(=O)C[C@H](CC(F)(F)F)c2ccc(Cl)c(OCC3CC3)c2)C(=O)N1. The Morgan fingerprint density at radius 2 is 1.91 bits per heavy atom. The van der Waals surface area contributed by atoms with Crippen molar-refractivity contribution in [3.63, 3.8) is 0 Å². The number of ether oxygens (including phenoxy) is 1. The smallest absolute Gasteiger partial charge is 0.389 e. The summed E-state index contributed by atoms with van der Waals surface area (Å²) < 4.78 is 70.7. The largest absolute Gasteiger partial charge is 0.492 e. The number of rotatable bonds is 13. The number of alkyl halides is 3. The van der Waals surface area contributed by atoms with E-state index in [-0.39, 0.29) is 41.0 Å². The van der Waals surface area contributed by atoms with Gasteiger partial charge in [0.25, 0.3) is 0 Å². The van der Waals surface area contributed by atoms with Crippen LogP contribution in [0.1, 0.15) is 50.0 Å². The van der Waals surface area contributed by atoms with Crippen molar-refractivity contribution < 1.29 is 35.9 Å². The summed E-state index contributed by atoms with van der Waals surface area (Å²) in [6.07, 6.45) is -2.54. The lowest BCUT2D eigenvalue weighted by atomic mass is 9.97. The average molecular weight is 525 g/mol. The van der Waals surface area contributed by atoms with Gasteiger partial charge in [0.1, 0.15) is 12.3 Å². The molecule has 1 atom stereocenters. The summed E-state index contributed by atoms with van der Waals surface area (Å²) in [5, 5.41) is 2.42. The van der Waals surface area contributed by atoms with E-state index >= 15 is 0 Å². The topological polar surface area (TPSA) is 92.8 Å². The van der Waals surface area contributed by atoms with Gasteiger partial charge in [-0.05, 0) is 49.3 Å². The number of imide groups is 1. The second-order valence-electron chi connectivity index (χ2n) is 8.91. The number of hydrogen-bond donors (Lipinski definition) is 1. The van der Waals surface area contributed by atoms with E-state index < -0.39 is 40.1 Å². The number of urea groups is 1. The Kier molecular flexibility index (Phi) is 8.72. The summed E-state index contributed by atoms with van der Waals surface area (Å²) in [4.78, 5) is 24.0. The predicted molar refractivity (Wildman–Crippen MR) is 121 cm³/mol. The van der Waals surface area contributed by atoms with Crippen molar-refractivity contribution >= 4 is 33.4 Å². The third-order valence-electron chi connectivity index (χ3n) is 5.78. The van der Waals surface area contributed by atoms with Gasteiger partial charge in [-0.1, -0.05) is 24.1 Å². The van der Waals surface area contributed by atoms with Gasteiger partial charge in [-0.3, -0.25) is 10.1 Å². The molecule has 7 nitrogen and oxygen atoms in total. The monoisotopic (exact) mass is 524 g/mol. The zero-order valence-electron chi connectivity index (χ0n) is 18.6. The Morgan fingerprint density at radius 1 is 1.18 bits per heavy atom. The molecule has 3 rings (SSSR count). The van der Waals surface area contributed by atoms with Crippen LogP contribution in [0.25, 0.3) is 0 Å². The summed E-state index contributed by atoms with van der Waals surface area (Å²) in [6.45, 7) is 0.713. The highest BCUT2D eigenvalue weighted by atomic mass is 35.5. The molecule has 1 saturated carbocycles. The first-order valence-electron chi connectivity index (χ1n) is 11.2. The minimum atomic E-state index is -4.54. The molecule has 0 bridgehead atoms. The second kappa shape index (κ2) is 11.2. The highest BCUT2D eigenvalue weighted by molar-refractivity contribution is 7.91. The minimum absolute atomic E-state index is 0.0241. The quantitative estimate of drug-likeness (QED) is 0.307. The Labute approximate surface area is 201 Å². The van der Waals surface area contributed by atoms with Crippen LogP contribution in [0, 0.1) is 5.92 Å². The molecular formula is C22H28ClF3N2O5S. The van der Waals surface area contributed by atoms with Gasteiger partial charge < -0.3 is 9.64 Å². The normalized spacial score (nSPS) is 17.7. The van der Waals surface area contributed by atoms with Gasteiger partial charge in [-0.15, -0.1) is 0 Å². The molecule has 1 heterocycles. The molecule has 12 heteroatoms. The molecule has 34 heavy (non-hydrogen) atoms. The van der Waals surface area contributed by atoms with E-state index in [1.807, 2.05) is 0 Å². The van der Waals surface area contributed by atoms with Crippen LogP contribution in [0.15, 0.2) is 18.2 Å². The molecule has 1 saturated heterocycles. The van der Waals surface area contributed by atoms with E-state index in [2.05, 4.69) is 5.32 Å². The number of halogens is 4. The van der Waals surface area contributed by atoms with Gasteiger partial charge in [0.15, 0.2) is 9.84 Å². The number of carbonyl (C=O) groups excluding carboxylic acids is 2. The number of amides is 3. The summed E-state index contributed by atoms with van der Waals surface area (Å²) in [7, 11) is -3.78. The van der Waals surface area contributed by atoms with E-state index in [0.717, 1.165) is 12.8 Å². The molecule has 1 aliphatic carbocycles. The number of hydrogen-bond acceptors (Lipinski definition) is 5. The molecule has 0 aromatic heterocycles. The Bertz CT molecular complexity index is 999. The van der Waals surface area contributed by atoms with Crippen molar-refractivity contribution in [2.45, 2.75) is 50.6 Å². The lowest BCUT2D eigenvalue weighted by molar-refractivity contribution is -0.137. The molecule has 3 amide bonds. The van der Waals surface area contributed by atoms with Crippen molar-refractivity contribution in [2.75, 3.05) is 31.2 Å². The van der Waals surface area contributed by atoms with Gasteiger partial charge >= 0.3 is 12.2 Å². The molecule has 0 unspecified atom stereocenters. The van der Waals surface area contributed by atoms with Crippen LogP contribution in [-0.2, 0) is 14.6 Å². The third kappa shape index (κ3) is 8.65. The average Bonchev–Trinajstić information content (AvgIpc) is 3.49. The van der Waals surface area contributed by atoms with Crippen LogP contribution < -0.4 is 10.1 Å². The van der Waals surface area contributed by atoms with E-state index in [1.54, 1.807) is 0 Å². The van der Waals surface area contributed by atoms with Crippen LogP contribution in [0.5, 0.6) is 5.75 Å². The zero-order chi connectivity index (χ0) is 24.9. The number of nitrogens with zero attached hydrogens (tertiary/aromatic N) is 1. The van der Waals surface area contributed by atoms with E-state index in [1.165, 1.54) is 23.1 Å². The highest BCUT2D eigenvalue weighted by Crippen LogP contribution is 2.37. The standard InChI is InChI=1S/C22H28ClF3N2O5S/c23-18-7-6-16(10-19(18)33-13-15-4-5-15)17(11-22(24,25)26)14-34(31,32)9-3-1-2-8-28-12-20(29)27-21(28)30/h6-7,10,15,17H,1-5,8-9,11-14H2,(H,27,29,30)/t17-/m0/s1. The third-order valence-corrected chi connectivity index (χ3v) is 7.92. The van der Waals surface area contributed by atoms with Crippen LogP contribution in [-0.4, -0.2) is 62.6 Å². The molecule has 190 valence electrons. The Hall–Kier alpha value is -2.01. The van der Waals surface area contributed by atoms with Gasteiger partial charge in [0, 0.05) is 12.5 Å². The summed E-state index contributed by atoms with van der Waals surface area (Å²) in [6, 6.07) is 3.80. The minimum Gasteiger partial charge on any atom is -0.492 e. The van der Waals surface area contributed by atoms with E-state index in [4.69, 9.17) is 16.3 Å². The molecule has 1 aromatic rings. The molecule has 0 spiro atoms. The fourth-order valence-electron chi connectivity index (χ4n) is 3.78. The second-order valence-corrected chi connectivity index (χ2v) is 11.5. The molecule has 2 fully saturated rings. The predicted octanol–water partition coefficient (Wildman–Crippen LogP) is 4.30. The van der Waals surface area contributed by atoms with Crippen molar-refractivity contribution in [3.8, 4) is 5.75 Å². The fraction of sp³-hybridized carbons (Fsp3) is 0.636. The Morgan fingerprint density at radius 3 is 2.53 bits per heavy atom. The molecule has 2 aliphatic rings. The molecular weight excluding hydrogens is 497 g/mol. The van der Waals surface area contributed by atoms with Crippen LogP contribution in [0.2, 0.25) is 5.02 Å². The van der Waals surface area contributed by atoms with Crippen molar-refractivity contribution in [1.29, 1.82) is 0 Å². The maximum atomic E-state index is 13.3. The molecule has 0 radical (unpaired) electrons. The van der Waals surface area contributed by atoms with Gasteiger partial charge in [-0.2, -0.15) is 13.2 Å². The van der Waals surface area contributed by atoms with Crippen molar-refractivity contribution in [3.05, 3.63) is 28.8 Å². The van der Waals surface area contributed by atoms with Crippen LogP contribution in [0.3, 0.4) is 0 Å². The number of carbonyl (C=O) groups is 2. The number of sulfone groups is 1. The van der Waals surface area contributed by atoms with Crippen molar-refractivity contribution in [1.82, 2.24) is 10.2 Å². The van der Waals surface area contributed by atoms with E-state index in [9.17, 15) is 31.2 Å². The number of benzene rings is 1. The first-order chi connectivity index (χ1) is 15.9. The van der Waals surface area contributed by atoms with Gasteiger partial charge in [0.2, 0.25) is 5.91 Å².